The third-order valence-corrected chi connectivity index (χ3v) is 5.59. The first-order chi connectivity index (χ1) is 9.36. The summed E-state index contributed by atoms with van der Waals surface area (Å²) < 4.78 is 0. The van der Waals surface area contributed by atoms with Gasteiger partial charge in [-0.1, -0.05) is 19.8 Å². The van der Waals surface area contributed by atoms with Crippen LogP contribution < -0.4 is 5.32 Å². The lowest BCUT2D eigenvalue weighted by Crippen LogP contribution is -2.65. The molecule has 2 heterocycles. The van der Waals surface area contributed by atoms with Crippen LogP contribution in [0.1, 0.15) is 45.4 Å². The van der Waals surface area contributed by atoms with Gasteiger partial charge in [-0.3, -0.25) is 9.80 Å². The molecule has 3 heteroatoms. The summed E-state index contributed by atoms with van der Waals surface area (Å²) in [6.07, 6.45) is 8.78. The SMILES string of the molecule is CCCC1CCC(N2CC(N3CCNCC3)C2)CC1. The number of nitrogens with one attached hydrogen (secondary N) is 1. The highest BCUT2D eigenvalue weighted by molar-refractivity contribution is 4.94. The largest absolute Gasteiger partial charge is 0.314 e. The molecule has 1 aliphatic carbocycles. The van der Waals surface area contributed by atoms with Crippen LogP contribution in [0.15, 0.2) is 0 Å². The van der Waals surface area contributed by atoms with Crippen LogP contribution in [0.2, 0.25) is 0 Å². The summed E-state index contributed by atoms with van der Waals surface area (Å²) >= 11 is 0. The van der Waals surface area contributed by atoms with E-state index in [2.05, 4.69) is 22.0 Å². The van der Waals surface area contributed by atoms with Gasteiger partial charge in [-0.15, -0.1) is 0 Å². The maximum Gasteiger partial charge on any atom is 0.0351 e. The Kier molecular flexibility index (Phi) is 4.78. The number of nitrogens with zero attached hydrogens (tertiary/aromatic N) is 2. The van der Waals surface area contributed by atoms with Crippen molar-refractivity contribution in [2.75, 3.05) is 39.3 Å². The van der Waals surface area contributed by atoms with E-state index in [-0.39, 0.29) is 0 Å². The van der Waals surface area contributed by atoms with Gasteiger partial charge < -0.3 is 5.32 Å². The van der Waals surface area contributed by atoms with Gasteiger partial charge in [0.2, 0.25) is 0 Å². The van der Waals surface area contributed by atoms with E-state index in [9.17, 15) is 0 Å². The summed E-state index contributed by atoms with van der Waals surface area (Å²) in [6, 6.07) is 1.79. The molecule has 3 aliphatic rings. The second-order valence-corrected chi connectivity index (χ2v) is 6.86. The fourth-order valence-electron chi connectivity index (χ4n) is 4.27. The number of hydrogen-bond acceptors (Lipinski definition) is 3. The third kappa shape index (κ3) is 3.32. The highest BCUT2D eigenvalue weighted by Gasteiger charge is 2.37. The molecule has 19 heavy (non-hydrogen) atoms. The normalized spacial score (nSPS) is 35.2. The van der Waals surface area contributed by atoms with Crippen molar-refractivity contribution >= 4 is 0 Å². The predicted molar refractivity (Wildman–Crippen MR) is 80.5 cm³/mol. The number of piperazine rings is 1. The van der Waals surface area contributed by atoms with Crippen molar-refractivity contribution in [3.8, 4) is 0 Å². The van der Waals surface area contributed by atoms with Crippen LogP contribution in [0.3, 0.4) is 0 Å². The molecule has 1 N–H and O–H groups in total. The zero-order chi connectivity index (χ0) is 13.1. The van der Waals surface area contributed by atoms with Crippen molar-refractivity contribution in [3.05, 3.63) is 0 Å². The third-order valence-electron chi connectivity index (χ3n) is 5.59. The van der Waals surface area contributed by atoms with Crippen LogP contribution in [-0.4, -0.2) is 61.2 Å². The fraction of sp³-hybridized carbons (Fsp3) is 1.00. The molecule has 2 aliphatic heterocycles. The standard InChI is InChI=1S/C16H31N3/c1-2-3-14-4-6-15(7-5-14)19-12-16(13-19)18-10-8-17-9-11-18/h14-17H,2-13H2,1H3. The summed E-state index contributed by atoms with van der Waals surface area (Å²) in [7, 11) is 0. The van der Waals surface area contributed by atoms with E-state index in [1.54, 1.807) is 0 Å². The molecule has 0 aromatic heterocycles. The van der Waals surface area contributed by atoms with E-state index in [0.717, 1.165) is 18.0 Å². The van der Waals surface area contributed by atoms with Gasteiger partial charge in [-0.2, -0.15) is 0 Å². The van der Waals surface area contributed by atoms with E-state index in [1.807, 2.05) is 0 Å². The molecule has 0 unspecified atom stereocenters. The van der Waals surface area contributed by atoms with Crippen molar-refractivity contribution in [2.24, 2.45) is 5.92 Å². The van der Waals surface area contributed by atoms with Crippen LogP contribution in [0.25, 0.3) is 0 Å². The van der Waals surface area contributed by atoms with Crippen molar-refractivity contribution in [3.63, 3.8) is 0 Å². The molecule has 0 bridgehead atoms. The quantitative estimate of drug-likeness (QED) is 0.838. The van der Waals surface area contributed by atoms with Crippen LogP contribution >= 0.6 is 0 Å². The molecule has 3 fully saturated rings. The Morgan fingerprint density at radius 1 is 0.895 bits per heavy atom. The molecule has 110 valence electrons. The fourth-order valence-corrected chi connectivity index (χ4v) is 4.27. The highest BCUT2D eigenvalue weighted by Crippen LogP contribution is 2.33. The number of rotatable bonds is 4. The summed E-state index contributed by atoms with van der Waals surface area (Å²) in [5, 5.41) is 3.45. The molecule has 0 atom stereocenters. The van der Waals surface area contributed by atoms with Gasteiger partial charge in [0, 0.05) is 51.4 Å². The average Bonchev–Trinajstić information content (AvgIpc) is 2.41. The molecule has 3 rings (SSSR count). The predicted octanol–water partition coefficient (Wildman–Crippen LogP) is 1.93. The lowest BCUT2D eigenvalue weighted by molar-refractivity contribution is -0.0144. The molecule has 0 aromatic rings. The van der Waals surface area contributed by atoms with E-state index >= 15 is 0 Å². The molecule has 1 saturated carbocycles. The minimum atomic E-state index is 0.871. The second kappa shape index (κ2) is 6.55. The monoisotopic (exact) mass is 265 g/mol. The molecule has 2 saturated heterocycles. The summed E-state index contributed by atoms with van der Waals surface area (Å²) in [5.74, 6) is 1.05. The van der Waals surface area contributed by atoms with Crippen molar-refractivity contribution in [2.45, 2.75) is 57.5 Å². The molecule has 0 amide bonds. The minimum absolute atomic E-state index is 0.871. The summed E-state index contributed by atoms with van der Waals surface area (Å²) in [5.41, 5.74) is 0. The van der Waals surface area contributed by atoms with Gasteiger partial charge >= 0.3 is 0 Å². The first-order valence-corrected chi connectivity index (χ1v) is 8.55. The van der Waals surface area contributed by atoms with Gasteiger partial charge in [-0.25, -0.2) is 0 Å². The Morgan fingerprint density at radius 3 is 2.21 bits per heavy atom. The Hall–Kier alpha value is -0.120. The maximum absolute atomic E-state index is 3.45. The lowest BCUT2D eigenvalue weighted by Gasteiger charge is -2.51. The topological polar surface area (TPSA) is 18.5 Å². The highest BCUT2D eigenvalue weighted by atomic mass is 15.3. The maximum atomic E-state index is 3.45. The zero-order valence-corrected chi connectivity index (χ0v) is 12.6. The van der Waals surface area contributed by atoms with E-state index in [4.69, 9.17) is 0 Å². The Bertz CT molecular complexity index is 261. The minimum Gasteiger partial charge on any atom is -0.314 e. The molecule has 0 spiro atoms. The van der Waals surface area contributed by atoms with Crippen LogP contribution in [0.4, 0.5) is 0 Å². The number of hydrogen-bond donors (Lipinski definition) is 1. The van der Waals surface area contributed by atoms with Gasteiger partial charge in [0.1, 0.15) is 0 Å². The van der Waals surface area contributed by atoms with Crippen LogP contribution in [-0.2, 0) is 0 Å². The first-order valence-electron chi connectivity index (χ1n) is 8.55. The van der Waals surface area contributed by atoms with Crippen molar-refractivity contribution < 1.29 is 0 Å². The molecule has 3 nitrogen and oxygen atoms in total. The molecular weight excluding hydrogens is 234 g/mol. The Labute approximate surface area is 118 Å². The van der Waals surface area contributed by atoms with Gasteiger partial charge in [0.05, 0.1) is 0 Å². The summed E-state index contributed by atoms with van der Waals surface area (Å²) in [4.78, 5) is 5.48. The van der Waals surface area contributed by atoms with Gasteiger partial charge in [-0.05, 0) is 31.6 Å². The molecular formula is C16H31N3. The average molecular weight is 265 g/mol. The zero-order valence-electron chi connectivity index (χ0n) is 12.6. The molecule has 0 aromatic carbocycles. The van der Waals surface area contributed by atoms with Gasteiger partial charge in [0.25, 0.3) is 0 Å². The second-order valence-electron chi connectivity index (χ2n) is 6.86. The molecule has 0 radical (unpaired) electrons. The van der Waals surface area contributed by atoms with Crippen LogP contribution in [0, 0.1) is 5.92 Å². The van der Waals surface area contributed by atoms with Gasteiger partial charge in [0.15, 0.2) is 0 Å². The Balaban J connectivity index is 1.37. The van der Waals surface area contributed by atoms with Crippen molar-refractivity contribution in [1.82, 2.24) is 15.1 Å². The smallest absolute Gasteiger partial charge is 0.0351 e. The van der Waals surface area contributed by atoms with Crippen LogP contribution in [0.5, 0.6) is 0 Å². The van der Waals surface area contributed by atoms with E-state index < -0.39 is 0 Å². The first kappa shape index (κ1) is 13.8. The summed E-state index contributed by atoms with van der Waals surface area (Å²) in [6.45, 7) is 9.95. The Morgan fingerprint density at radius 2 is 1.58 bits per heavy atom. The number of likely N-dealkylation sites (tertiary alicyclic amines) is 1. The lowest BCUT2D eigenvalue weighted by atomic mass is 9.82. The van der Waals surface area contributed by atoms with Crippen molar-refractivity contribution in [1.29, 1.82) is 0 Å². The van der Waals surface area contributed by atoms with E-state index in [1.165, 1.54) is 77.8 Å². The van der Waals surface area contributed by atoms with E-state index in [0.29, 0.717) is 0 Å².